The number of carbonyl (C=O) groups excluding carboxylic acids is 2. The Morgan fingerprint density at radius 3 is 2.00 bits per heavy atom. The fourth-order valence-corrected chi connectivity index (χ4v) is 0.970. The fraction of sp³-hybridized carbons (Fsp3) is 0.818. The number of amides is 2. The minimum absolute atomic E-state index is 0.126. The van der Waals surface area contributed by atoms with Crippen molar-refractivity contribution in [2.75, 3.05) is 6.54 Å². The number of nitrogens with one attached hydrogen (secondary N) is 2. The van der Waals surface area contributed by atoms with Gasteiger partial charge in [0.25, 0.3) is 0 Å². The highest BCUT2D eigenvalue weighted by Gasteiger charge is 2.24. The summed E-state index contributed by atoms with van der Waals surface area (Å²) in [5, 5.41) is 5.34. The van der Waals surface area contributed by atoms with Gasteiger partial charge in [0.15, 0.2) is 0 Å². The fourth-order valence-electron chi connectivity index (χ4n) is 0.970. The molecule has 0 fully saturated rings. The van der Waals surface area contributed by atoms with Crippen LogP contribution in [0.4, 0.5) is 4.79 Å². The zero-order chi connectivity index (χ0) is 13.0. The lowest BCUT2D eigenvalue weighted by Crippen LogP contribution is -2.52. The molecule has 0 heterocycles. The molecule has 0 bridgehead atoms. The van der Waals surface area contributed by atoms with Crippen molar-refractivity contribution in [3.8, 4) is 0 Å². The summed E-state index contributed by atoms with van der Waals surface area (Å²) < 4.78 is 5.12. The number of hydrogen-bond acceptors (Lipinski definition) is 3. The van der Waals surface area contributed by atoms with Crippen molar-refractivity contribution >= 4 is 12.0 Å². The van der Waals surface area contributed by atoms with Crippen molar-refractivity contribution in [1.82, 2.24) is 10.6 Å². The SMILES string of the molecule is CC(=O)NCC(C)(C)NC(=O)OC(C)(C)C. The van der Waals surface area contributed by atoms with E-state index in [0.29, 0.717) is 6.54 Å². The Kier molecular flexibility index (Phi) is 4.78. The molecule has 2 N–H and O–H groups in total. The average molecular weight is 230 g/mol. The van der Waals surface area contributed by atoms with Crippen molar-refractivity contribution in [2.45, 2.75) is 52.7 Å². The number of carbonyl (C=O) groups is 2. The molecule has 2 amide bonds. The summed E-state index contributed by atoms with van der Waals surface area (Å²) in [5.41, 5.74) is -1.05. The molecule has 0 aromatic heterocycles. The molecule has 0 aliphatic carbocycles. The minimum atomic E-state index is -0.534. The van der Waals surface area contributed by atoms with Gasteiger partial charge in [-0.25, -0.2) is 4.79 Å². The van der Waals surface area contributed by atoms with Crippen molar-refractivity contribution in [3.05, 3.63) is 0 Å². The van der Waals surface area contributed by atoms with E-state index in [1.54, 1.807) is 20.8 Å². The van der Waals surface area contributed by atoms with Gasteiger partial charge in [-0.05, 0) is 34.6 Å². The molecule has 0 unspecified atom stereocenters. The summed E-state index contributed by atoms with van der Waals surface area (Å²) in [5.74, 6) is -0.126. The second kappa shape index (κ2) is 5.18. The van der Waals surface area contributed by atoms with E-state index in [9.17, 15) is 9.59 Å². The van der Waals surface area contributed by atoms with Crippen LogP contribution in [0.25, 0.3) is 0 Å². The number of ether oxygens (including phenoxy) is 1. The van der Waals surface area contributed by atoms with E-state index in [4.69, 9.17) is 4.74 Å². The van der Waals surface area contributed by atoms with Gasteiger partial charge in [0.2, 0.25) is 5.91 Å². The lowest BCUT2D eigenvalue weighted by molar-refractivity contribution is -0.119. The van der Waals surface area contributed by atoms with Crippen LogP contribution in [-0.4, -0.2) is 29.7 Å². The largest absolute Gasteiger partial charge is 0.444 e. The number of hydrogen-bond donors (Lipinski definition) is 2. The third-order valence-corrected chi connectivity index (χ3v) is 1.62. The van der Waals surface area contributed by atoms with Crippen LogP contribution in [0.1, 0.15) is 41.5 Å². The zero-order valence-corrected chi connectivity index (χ0v) is 10.9. The zero-order valence-electron chi connectivity index (χ0n) is 10.9. The van der Waals surface area contributed by atoms with Crippen LogP contribution in [0.15, 0.2) is 0 Å². The van der Waals surface area contributed by atoms with Gasteiger partial charge in [-0.15, -0.1) is 0 Å². The lowest BCUT2D eigenvalue weighted by Gasteiger charge is -2.28. The van der Waals surface area contributed by atoms with Crippen LogP contribution in [0.2, 0.25) is 0 Å². The van der Waals surface area contributed by atoms with Gasteiger partial charge in [0.05, 0.1) is 5.54 Å². The van der Waals surface area contributed by atoms with Gasteiger partial charge >= 0.3 is 6.09 Å². The van der Waals surface area contributed by atoms with Crippen LogP contribution >= 0.6 is 0 Å². The molecule has 94 valence electrons. The first-order valence-electron chi connectivity index (χ1n) is 5.27. The van der Waals surface area contributed by atoms with Crippen molar-refractivity contribution in [3.63, 3.8) is 0 Å². The Morgan fingerprint density at radius 1 is 1.12 bits per heavy atom. The van der Waals surface area contributed by atoms with E-state index in [-0.39, 0.29) is 5.91 Å². The van der Waals surface area contributed by atoms with E-state index in [2.05, 4.69) is 10.6 Å². The van der Waals surface area contributed by atoms with E-state index >= 15 is 0 Å². The van der Waals surface area contributed by atoms with E-state index in [0.717, 1.165) is 0 Å². The molecule has 0 rings (SSSR count). The monoisotopic (exact) mass is 230 g/mol. The third-order valence-electron chi connectivity index (χ3n) is 1.62. The Morgan fingerprint density at radius 2 is 1.62 bits per heavy atom. The van der Waals surface area contributed by atoms with Crippen LogP contribution in [0.3, 0.4) is 0 Å². The molecular formula is C11H22N2O3. The van der Waals surface area contributed by atoms with Gasteiger partial charge in [-0.2, -0.15) is 0 Å². The Balaban J connectivity index is 4.15. The summed E-state index contributed by atoms with van der Waals surface area (Å²) in [6.07, 6.45) is -0.483. The summed E-state index contributed by atoms with van der Waals surface area (Å²) in [6, 6.07) is 0. The van der Waals surface area contributed by atoms with E-state index < -0.39 is 17.2 Å². The third kappa shape index (κ3) is 8.08. The average Bonchev–Trinajstić information content (AvgIpc) is 1.95. The molecule has 0 spiro atoms. The van der Waals surface area contributed by atoms with Gasteiger partial charge in [-0.1, -0.05) is 0 Å². The molecule has 0 radical (unpaired) electrons. The van der Waals surface area contributed by atoms with E-state index in [1.807, 2.05) is 13.8 Å². The van der Waals surface area contributed by atoms with Crippen molar-refractivity contribution in [1.29, 1.82) is 0 Å². The highest BCUT2D eigenvalue weighted by molar-refractivity contribution is 5.73. The Labute approximate surface area is 96.9 Å². The second-order valence-corrected chi connectivity index (χ2v) is 5.42. The smallest absolute Gasteiger partial charge is 0.408 e. The number of alkyl carbamates (subject to hydrolysis) is 1. The molecule has 0 saturated carbocycles. The van der Waals surface area contributed by atoms with Crippen LogP contribution < -0.4 is 10.6 Å². The lowest BCUT2D eigenvalue weighted by atomic mass is 10.1. The first kappa shape index (κ1) is 14.7. The first-order valence-corrected chi connectivity index (χ1v) is 5.27. The molecule has 0 atom stereocenters. The maximum atomic E-state index is 11.5. The second-order valence-electron chi connectivity index (χ2n) is 5.42. The Bertz CT molecular complexity index is 267. The summed E-state index contributed by atoms with van der Waals surface area (Å²) in [7, 11) is 0. The van der Waals surface area contributed by atoms with Crippen LogP contribution in [-0.2, 0) is 9.53 Å². The van der Waals surface area contributed by atoms with Gasteiger partial charge in [0, 0.05) is 13.5 Å². The molecule has 16 heavy (non-hydrogen) atoms. The van der Waals surface area contributed by atoms with E-state index in [1.165, 1.54) is 6.92 Å². The predicted octanol–water partition coefficient (Wildman–Crippen LogP) is 1.43. The predicted molar refractivity (Wildman–Crippen MR) is 62.1 cm³/mol. The van der Waals surface area contributed by atoms with Crippen LogP contribution in [0, 0.1) is 0 Å². The molecule has 0 aromatic carbocycles. The van der Waals surface area contributed by atoms with Gasteiger partial charge < -0.3 is 15.4 Å². The summed E-state index contributed by atoms with van der Waals surface area (Å²) >= 11 is 0. The highest BCUT2D eigenvalue weighted by Crippen LogP contribution is 2.08. The van der Waals surface area contributed by atoms with Gasteiger partial charge in [0.1, 0.15) is 5.60 Å². The van der Waals surface area contributed by atoms with Gasteiger partial charge in [-0.3, -0.25) is 4.79 Å². The summed E-state index contributed by atoms with van der Waals surface area (Å²) in [4.78, 5) is 22.2. The maximum Gasteiger partial charge on any atom is 0.408 e. The molecule has 5 nitrogen and oxygen atoms in total. The quantitative estimate of drug-likeness (QED) is 0.770. The topological polar surface area (TPSA) is 67.4 Å². The standard InChI is InChI=1S/C11H22N2O3/c1-8(14)12-7-11(5,6)13-9(15)16-10(2,3)4/h7H2,1-6H3,(H,12,14)(H,13,15). The van der Waals surface area contributed by atoms with Crippen molar-refractivity contribution in [2.24, 2.45) is 0 Å². The Hall–Kier alpha value is -1.26. The normalized spacial score (nSPS) is 11.9. The van der Waals surface area contributed by atoms with Crippen molar-refractivity contribution < 1.29 is 14.3 Å². The first-order chi connectivity index (χ1) is 7.02. The summed E-state index contributed by atoms with van der Waals surface area (Å²) in [6.45, 7) is 10.8. The molecule has 0 saturated heterocycles. The molecule has 5 heteroatoms. The molecule has 0 aromatic rings. The maximum absolute atomic E-state index is 11.5. The molecular weight excluding hydrogens is 208 g/mol. The molecule has 0 aliphatic heterocycles. The number of rotatable bonds is 3. The van der Waals surface area contributed by atoms with Crippen LogP contribution in [0.5, 0.6) is 0 Å². The highest BCUT2D eigenvalue weighted by atomic mass is 16.6. The molecule has 0 aliphatic rings. The minimum Gasteiger partial charge on any atom is -0.444 e.